The van der Waals surface area contributed by atoms with Crippen molar-refractivity contribution in [3.63, 3.8) is 0 Å². The lowest BCUT2D eigenvalue weighted by Gasteiger charge is -2.28. The van der Waals surface area contributed by atoms with Crippen LogP contribution >= 0.6 is 0 Å². The number of carbonyl (C=O) groups excluding carboxylic acids is 1. The minimum Gasteiger partial charge on any atom is -0.465 e. The first-order chi connectivity index (χ1) is 15.4. The SMILES string of the molecule is O=C(Cc1cc(F)cc(F)c1)Nc1cc(C2CCC(N(C[C@@H]3CCCO3)C(=O)O)C2)[nH]n1. The lowest BCUT2D eigenvalue weighted by atomic mass is 10.0. The van der Waals surface area contributed by atoms with Gasteiger partial charge in [-0.05, 0) is 49.8 Å². The van der Waals surface area contributed by atoms with Gasteiger partial charge < -0.3 is 20.1 Å². The number of amides is 2. The second-order valence-corrected chi connectivity index (χ2v) is 8.44. The summed E-state index contributed by atoms with van der Waals surface area (Å²) in [5.74, 6) is -1.49. The number of carboxylic acid groups (broad SMARTS) is 1. The highest BCUT2D eigenvalue weighted by atomic mass is 19.1. The standard InChI is InChI=1S/C22H26F2N4O4/c23-15-6-13(7-16(24)10-15)8-21(29)25-20-11-19(26-27-20)14-3-4-17(9-14)28(22(30)31)12-18-2-1-5-32-18/h6-7,10-11,14,17-18H,1-5,8-9,12H2,(H,30,31)(H2,25,26,27,29)/t14?,17?,18-/m0/s1. The smallest absolute Gasteiger partial charge is 0.407 e. The fourth-order valence-electron chi connectivity index (χ4n) is 4.61. The van der Waals surface area contributed by atoms with E-state index in [0.29, 0.717) is 25.4 Å². The highest BCUT2D eigenvalue weighted by Crippen LogP contribution is 2.37. The normalized spacial score (nSPS) is 22.8. The number of hydrogen-bond acceptors (Lipinski definition) is 4. The molecular formula is C22H26F2N4O4. The first kappa shape index (κ1) is 22.2. The van der Waals surface area contributed by atoms with Crippen molar-refractivity contribution < 1.29 is 28.2 Å². The van der Waals surface area contributed by atoms with E-state index in [1.54, 1.807) is 6.07 Å². The van der Waals surface area contributed by atoms with Crippen LogP contribution in [0, 0.1) is 11.6 Å². The van der Waals surface area contributed by atoms with Crippen LogP contribution in [0.1, 0.15) is 49.3 Å². The molecule has 8 nitrogen and oxygen atoms in total. The van der Waals surface area contributed by atoms with Gasteiger partial charge >= 0.3 is 6.09 Å². The van der Waals surface area contributed by atoms with E-state index in [-0.39, 0.29) is 30.0 Å². The molecular weight excluding hydrogens is 422 g/mol. The van der Waals surface area contributed by atoms with Crippen molar-refractivity contribution in [2.24, 2.45) is 0 Å². The predicted octanol–water partition coefficient (Wildman–Crippen LogP) is 3.66. The molecule has 2 aliphatic rings. The van der Waals surface area contributed by atoms with Crippen LogP contribution in [0.2, 0.25) is 0 Å². The summed E-state index contributed by atoms with van der Waals surface area (Å²) in [4.78, 5) is 25.5. The van der Waals surface area contributed by atoms with E-state index in [1.807, 2.05) is 0 Å². The maximum absolute atomic E-state index is 13.3. The Morgan fingerprint density at radius 3 is 2.66 bits per heavy atom. The van der Waals surface area contributed by atoms with E-state index in [4.69, 9.17) is 4.74 Å². The largest absolute Gasteiger partial charge is 0.465 e. The van der Waals surface area contributed by atoms with Crippen LogP contribution in [0.25, 0.3) is 0 Å². The Morgan fingerprint density at radius 2 is 1.97 bits per heavy atom. The topological polar surface area (TPSA) is 108 Å². The summed E-state index contributed by atoms with van der Waals surface area (Å²) in [5.41, 5.74) is 1.05. The van der Waals surface area contributed by atoms with Gasteiger partial charge in [0.05, 0.1) is 19.1 Å². The first-order valence-corrected chi connectivity index (χ1v) is 10.8. The Labute approximate surface area is 183 Å². The number of aromatic amines is 1. The van der Waals surface area contributed by atoms with E-state index in [9.17, 15) is 23.5 Å². The molecule has 2 fully saturated rings. The van der Waals surface area contributed by atoms with E-state index in [2.05, 4.69) is 15.5 Å². The Kier molecular flexibility index (Phi) is 6.69. The number of rotatable bonds is 7. The molecule has 0 spiro atoms. The first-order valence-electron chi connectivity index (χ1n) is 10.8. The lowest BCUT2D eigenvalue weighted by molar-refractivity contribution is -0.115. The lowest BCUT2D eigenvalue weighted by Crippen LogP contribution is -2.42. The molecule has 2 heterocycles. The van der Waals surface area contributed by atoms with Crippen molar-refractivity contribution in [2.75, 3.05) is 18.5 Å². The van der Waals surface area contributed by atoms with Crippen molar-refractivity contribution >= 4 is 17.8 Å². The molecule has 1 aromatic carbocycles. The van der Waals surface area contributed by atoms with E-state index in [1.165, 1.54) is 4.90 Å². The van der Waals surface area contributed by atoms with Gasteiger partial charge in [-0.2, -0.15) is 5.10 Å². The Hall–Kier alpha value is -3.01. The molecule has 1 aliphatic carbocycles. The molecule has 2 unspecified atom stereocenters. The predicted molar refractivity (Wildman–Crippen MR) is 111 cm³/mol. The van der Waals surface area contributed by atoms with Crippen LogP contribution in [0.3, 0.4) is 0 Å². The van der Waals surface area contributed by atoms with Crippen molar-refractivity contribution in [1.82, 2.24) is 15.1 Å². The molecule has 1 saturated heterocycles. The van der Waals surface area contributed by atoms with Crippen LogP contribution in [-0.4, -0.2) is 57.5 Å². The van der Waals surface area contributed by atoms with Crippen LogP contribution < -0.4 is 5.32 Å². The number of ether oxygens (including phenoxy) is 1. The molecule has 2 aromatic rings. The van der Waals surface area contributed by atoms with Gasteiger partial charge in [-0.3, -0.25) is 9.89 Å². The third kappa shape index (κ3) is 5.42. The zero-order valence-corrected chi connectivity index (χ0v) is 17.5. The molecule has 32 heavy (non-hydrogen) atoms. The summed E-state index contributed by atoms with van der Waals surface area (Å²) in [6.45, 7) is 1.07. The Balaban J connectivity index is 1.33. The van der Waals surface area contributed by atoms with Crippen molar-refractivity contribution in [1.29, 1.82) is 0 Å². The molecule has 10 heteroatoms. The van der Waals surface area contributed by atoms with Gasteiger partial charge in [0.2, 0.25) is 5.91 Å². The zero-order valence-electron chi connectivity index (χ0n) is 17.5. The number of H-pyrrole nitrogens is 1. The number of benzene rings is 1. The van der Waals surface area contributed by atoms with Gasteiger partial charge in [-0.25, -0.2) is 13.6 Å². The van der Waals surface area contributed by atoms with E-state index < -0.39 is 23.6 Å². The van der Waals surface area contributed by atoms with E-state index in [0.717, 1.165) is 49.6 Å². The van der Waals surface area contributed by atoms with Crippen LogP contribution in [0.5, 0.6) is 0 Å². The molecule has 1 aromatic heterocycles. The van der Waals surface area contributed by atoms with Crippen LogP contribution in [-0.2, 0) is 16.0 Å². The number of halogens is 2. The number of hydrogen-bond donors (Lipinski definition) is 3. The highest BCUT2D eigenvalue weighted by Gasteiger charge is 2.35. The molecule has 4 rings (SSSR count). The van der Waals surface area contributed by atoms with Gasteiger partial charge in [0.25, 0.3) is 0 Å². The van der Waals surface area contributed by atoms with Gasteiger partial charge in [0.15, 0.2) is 5.82 Å². The van der Waals surface area contributed by atoms with Crippen LogP contribution in [0.15, 0.2) is 24.3 Å². The summed E-state index contributed by atoms with van der Waals surface area (Å²) in [5, 5.41) is 19.3. The van der Waals surface area contributed by atoms with Gasteiger partial charge in [0, 0.05) is 36.4 Å². The second kappa shape index (κ2) is 9.64. The minimum absolute atomic E-state index is 0.0364. The fraction of sp³-hybridized carbons (Fsp3) is 0.500. The monoisotopic (exact) mass is 448 g/mol. The highest BCUT2D eigenvalue weighted by molar-refractivity contribution is 5.91. The maximum Gasteiger partial charge on any atom is 0.407 e. The fourth-order valence-corrected chi connectivity index (χ4v) is 4.61. The third-order valence-corrected chi connectivity index (χ3v) is 6.11. The summed E-state index contributed by atoms with van der Waals surface area (Å²) >= 11 is 0. The van der Waals surface area contributed by atoms with Crippen molar-refractivity contribution in [3.8, 4) is 0 Å². The molecule has 1 aliphatic heterocycles. The molecule has 1 saturated carbocycles. The number of aromatic nitrogens is 2. The number of nitrogens with one attached hydrogen (secondary N) is 2. The number of carbonyl (C=O) groups is 2. The van der Waals surface area contributed by atoms with Gasteiger partial charge in [-0.15, -0.1) is 0 Å². The summed E-state index contributed by atoms with van der Waals surface area (Å²) in [6.07, 6.45) is 2.90. The average Bonchev–Trinajstić information content (AvgIpc) is 3.46. The summed E-state index contributed by atoms with van der Waals surface area (Å²) < 4.78 is 32.2. The molecule has 2 amide bonds. The molecule has 3 N–H and O–H groups in total. The molecule has 172 valence electrons. The molecule has 3 atom stereocenters. The molecule has 0 bridgehead atoms. The maximum atomic E-state index is 13.3. The van der Waals surface area contributed by atoms with E-state index >= 15 is 0 Å². The third-order valence-electron chi connectivity index (χ3n) is 6.11. The number of anilines is 1. The summed E-state index contributed by atoms with van der Waals surface area (Å²) in [7, 11) is 0. The number of nitrogens with zero attached hydrogens (tertiary/aromatic N) is 2. The minimum atomic E-state index is -0.933. The second-order valence-electron chi connectivity index (χ2n) is 8.44. The quantitative estimate of drug-likeness (QED) is 0.599. The van der Waals surface area contributed by atoms with Crippen LogP contribution in [0.4, 0.5) is 19.4 Å². The van der Waals surface area contributed by atoms with Gasteiger partial charge in [0.1, 0.15) is 11.6 Å². The molecule has 0 radical (unpaired) electrons. The zero-order chi connectivity index (χ0) is 22.7. The van der Waals surface area contributed by atoms with Crippen molar-refractivity contribution in [3.05, 3.63) is 47.2 Å². The Bertz CT molecular complexity index is 956. The van der Waals surface area contributed by atoms with Crippen molar-refractivity contribution in [2.45, 2.75) is 56.6 Å². The average molecular weight is 448 g/mol. The Morgan fingerprint density at radius 1 is 1.19 bits per heavy atom. The van der Waals surface area contributed by atoms with Gasteiger partial charge in [-0.1, -0.05) is 0 Å². The summed E-state index contributed by atoms with van der Waals surface area (Å²) in [6, 6.07) is 4.61.